The summed E-state index contributed by atoms with van der Waals surface area (Å²) in [5, 5.41) is 2.02. The average molecular weight is 350 g/mol. The van der Waals surface area contributed by atoms with Gasteiger partial charge in [0.15, 0.2) is 5.82 Å². The van der Waals surface area contributed by atoms with Crippen LogP contribution in [-0.4, -0.2) is 9.55 Å². The van der Waals surface area contributed by atoms with Gasteiger partial charge in [0.2, 0.25) is 0 Å². The lowest BCUT2D eigenvalue weighted by Crippen LogP contribution is -2.27. The number of aryl methyl sites for hydroxylation is 2. The number of hydrogen-bond acceptors (Lipinski definition) is 3. The molecule has 2 heterocycles. The first-order valence-corrected chi connectivity index (χ1v) is 9.28. The molecule has 0 aliphatic rings. The fourth-order valence-electron chi connectivity index (χ4n) is 2.82. The van der Waals surface area contributed by atoms with E-state index in [1.165, 1.54) is 5.56 Å². The minimum atomic E-state index is 0.0352. The molecule has 25 heavy (non-hydrogen) atoms. The van der Waals surface area contributed by atoms with Crippen LogP contribution in [0.2, 0.25) is 0 Å². The van der Waals surface area contributed by atoms with Crippen LogP contribution in [0, 0.1) is 6.92 Å². The molecule has 0 radical (unpaired) electrons. The van der Waals surface area contributed by atoms with Crippen molar-refractivity contribution in [3.63, 3.8) is 0 Å². The zero-order valence-corrected chi connectivity index (χ0v) is 15.6. The Labute approximate surface area is 152 Å². The van der Waals surface area contributed by atoms with Crippen molar-refractivity contribution in [1.82, 2.24) is 9.55 Å². The van der Waals surface area contributed by atoms with E-state index in [-0.39, 0.29) is 5.56 Å². The molecule has 0 fully saturated rings. The van der Waals surface area contributed by atoms with Gasteiger partial charge >= 0.3 is 0 Å². The van der Waals surface area contributed by atoms with Gasteiger partial charge in [-0.15, -0.1) is 11.3 Å². The first-order valence-electron chi connectivity index (χ1n) is 8.40. The SMILES string of the molecule is CC(C)=Cc1c(C)nc(-c2cccs2)n(CCc2ccccc2)c1=O. The summed E-state index contributed by atoms with van der Waals surface area (Å²) in [5.41, 5.74) is 3.82. The van der Waals surface area contributed by atoms with Gasteiger partial charge in [-0.2, -0.15) is 0 Å². The third-order valence-electron chi connectivity index (χ3n) is 4.04. The lowest BCUT2D eigenvalue weighted by atomic mass is 10.1. The lowest BCUT2D eigenvalue weighted by molar-refractivity contribution is 0.660. The van der Waals surface area contributed by atoms with Crippen LogP contribution in [-0.2, 0) is 13.0 Å². The molecule has 0 amide bonds. The van der Waals surface area contributed by atoms with Crippen molar-refractivity contribution in [2.45, 2.75) is 33.7 Å². The molecule has 0 saturated carbocycles. The van der Waals surface area contributed by atoms with E-state index in [9.17, 15) is 4.79 Å². The molecule has 128 valence electrons. The van der Waals surface area contributed by atoms with Crippen molar-refractivity contribution in [1.29, 1.82) is 0 Å². The monoisotopic (exact) mass is 350 g/mol. The fourth-order valence-corrected chi connectivity index (χ4v) is 3.54. The Balaban J connectivity index is 2.09. The number of rotatable bonds is 5. The maximum absolute atomic E-state index is 13.1. The van der Waals surface area contributed by atoms with E-state index in [0.29, 0.717) is 12.1 Å². The average Bonchev–Trinajstić information content (AvgIpc) is 3.12. The number of nitrogens with zero attached hydrogens (tertiary/aromatic N) is 2. The third-order valence-corrected chi connectivity index (χ3v) is 4.90. The second kappa shape index (κ2) is 7.62. The summed E-state index contributed by atoms with van der Waals surface area (Å²) in [5.74, 6) is 0.763. The Morgan fingerprint density at radius 1 is 1.16 bits per heavy atom. The molecule has 2 aromatic heterocycles. The second-order valence-electron chi connectivity index (χ2n) is 6.33. The van der Waals surface area contributed by atoms with Crippen molar-refractivity contribution >= 4 is 17.4 Å². The lowest BCUT2D eigenvalue weighted by Gasteiger charge is -2.14. The molecule has 0 atom stereocenters. The second-order valence-corrected chi connectivity index (χ2v) is 7.27. The topological polar surface area (TPSA) is 34.9 Å². The first kappa shape index (κ1) is 17.4. The van der Waals surface area contributed by atoms with Gasteiger partial charge in [0.1, 0.15) is 0 Å². The maximum atomic E-state index is 13.1. The van der Waals surface area contributed by atoms with Crippen LogP contribution in [0.5, 0.6) is 0 Å². The van der Waals surface area contributed by atoms with Gasteiger partial charge in [0.05, 0.1) is 16.1 Å². The molecule has 3 aromatic rings. The van der Waals surface area contributed by atoms with Crippen LogP contribution in [0.25, 0.3) is 16.8 Å². The molecule has 3 rings (SSSR count). The zero-order chi connectivity index (χ0) is 17.8. The fraction of sp³-hybridized carbons (Fsp3) is 0.238. The van der Waals surface area contributed by atoms with E-state index >= 15 is 0 Å². The molecule has 0 aliphatic carbocycles. The highest BCUT2D eigenvalue weighted by Crippen LogP contribution is 2.23. The van der Waals surface area contributed by atoms with Gasteiger partial charge in [-0.3, -0.25) is 9.36 Å². The Kier molecular flexibility index (Phi) is 5.29. The Bertz CT molecular complexity index is 934. The van der Waals surface area contributed by atoms with Crippen molar-refractivity contribution < 1.29 is 0 Å². The molecule has 4 heteroatoms. The largest absolute Gasteiger partial charge is 0.291 e. The molecule has 0 unspecified atom stereocenters. The summed E-state index contributed by atoms with van der Waals surface area (Å²) in [6.07, 6.45) is 2.74. The van der Waals surface area contributed by atoms with Gasteiger partial charge in [-0.1, -0.05) is 42.0 Å². The summed E-state index contributed by atoms with van der Waals surface area (Å²) >= 11 is 1.61. The van der Waals surface area contributed by atoms with Crippen molar-refractivity contribution in [2.75, 3.05) is 0 Å². The van der Waals surface area contributed by atoms with Crippen molar-refractivity contribution in [3.8, 4) is 10.7 Å². The summed E-state index contributed by atoms with van der Waals surface area (Å²) in [4.78, 5) is 18.9. The third kappa shape index (κ3) is 3.97. The predicted octanol–water partition coefficient (Wildman–Crippen LogP) is 4.95. The van der Waals surface area contributed by atoms with Crippen molar-refractivity contribution in [3.05, 3.63) is 80.6 Å². The van der Waals surface area contributed by atoms with E-state index < -0.39 is 0 Å². The van der Waals surface area contributed by atoms with E-state index in [1.54, 1.807) is 11.3 Å². The summed E-state index contributed by atoms with van der Waals surface area (Å²) in [6.45, 7) is 6.53. The minimum absolute atomic E-state index is 0.0352. The molecule has 0 N–H and O–H groups in total. The first-order chi connectivity index (χ1) is 12.1. The van der Waals surface area contributed by atoms with Crippen LogP contribution in [0.3, 0.4) is 0 Å². The van der Waals surface area contributed by atoms with Gasteiger partial charge < -0.3 is 0 Å². The van der Waals surface area contributed by atoms with E-state index in [2.05, 4.69) is 12.1 Å². The maximum Gasteiger partial charge on any atom is 0.261 e. The van der Waals surface area contributed by atoms with Gasteiger partial charge in [-0.05, 0) is 50.3 Å². The molecule has 0 bridgehead atoms. The van der Waals surface area contributed by atoms with Crippen LogP contribution in [0.15, 0.2) is 58.2 Å². The number of hydrogen-bond donors (Lipinski definition) is 0. The van der Waals surface area contributed by atoms with E-state index in [4.69, 9.17) is 4.98 Å². The smallest absolute Gasteiger partial charge is 0.261 e. The molecular weight excluding hydrogens is 328 g/mol. The van der Waals surface area contributed by atoms with E-state index in [0.717, 1.165) is 28.4 Å². The standard InChI is InChI=1S/C21H22N2OS/c1-15(2)14-18-16(3)22-20(19-10-7-13-25-19)23(21(18)24)12-11-17-8-5-4-6-9-17/h4-10,13-14H,11-12H2,1-3H3. The Hall–Kier alpha value is -2.46. The van der Waals surface area contributed by atoms with Crippen LogP contribution >= 0.6 is 11.3 Å². The zero-order valence-electron chi connectivity index (χ0n) is 14.8. The minimum Gasteiger partial charge on any atom is -0.291 e. The number of benzene rings is 1. The van der Waals surface area contributed by atoms with Crippen LogP contribution < -0.4 is 5.56 Å². The van der Waals surface area contributed by atoms with Crippen molar-refractivity contribution in [2.24, 2.45) is 0 Å². The summed E-state index contributed by atoms with van der Waals surface area (Å²) in [6, 6.07) is 14.3. The summed E-state index contributed by atoms with van der Waals surface area (Å²) in [7, 11) is 0. The molecule has 0 saturated heterocycles. The Morgan fingerprint density at radius 3 is 2.56 bits per heavy atom. The normalized spacial score (nSPS) is 10.7. The highest BCUT2D eigenvalue weighted by molar-refractivity contribution is 7.13. The molecule has 0 aliphatic heterocycles. The van der Waals surface area contributed by atoms with E-state index in [1.807, 2.05) is 67.1 Å². The van der Waals surface area contributed by atoms with Gasteiger partial charge in [0.25, 0.3) is 5.56 Å². The molecule has 0 spiro atoms. The quantitative estimate of drug-likeness (QED) is 0.653. The Morgan fingerprint density at radius 2 is 1.92 bits per heavy atom. The number of allylic oxidation sites excluding steroid dienone is 1. The molecule has 1 aromatic carbocycles. The highest BCUT2D eigenvalue weighted by atomic mass is 32.1. The number of aromatic nitrogens is 2. The summed E-state index contributed by atoms with van der Waals surface area (Å²) < 4.78 is 1.82. The van der Waals surface area contributed by atoms with Crippen LogP contribution in [0.4, 0.5) is 0 Å². The highest BCUT2D eigenvalue weighted by Gasteiger charge is 2.15. The molecule has 3 nitrogen and oxygen atoms in total. The predicted molar refractivity (Wildman–Crippen MR) is 106 cm³/mol. The van der Waals surface area contributed by atoms with Gasteiger partial charge in [-0.25, -0.2) is 4.98 Å². The van der Waals surface area contributed by atoms with Crippen LogP contribution in [0.1, 0.15) is 30.7 Å². The van der Waals surface area contributed by atoms with Gasteiger partial charge in [0, 0.05) is 6.54 Å². The molecular formula is C21H22N2OS. The number of thiophene rings is 1.